The third-order valence-corrected chi connectivity index (χ3v) is 3.68. The van der Waals surface area contributed by atoms with Gasteiger partial charge in [-0.3, -0.25) is 4.79 Å². The van der Waals surface area contributed by atoms with Gasteiger partial charge in [0.25, 0.3) is 5.91 Å². The van der Waals surface area contributed by atoms with E-state index in [-0.39, 0.29) is 17.1 Å². The number of hydrogen-bond acceptors (Lipinski definition) is 3. The SMILES string of the molecule is O=C(Nc1ccccc1C(F)(F)F)c1coc(-c2ccc(C(F)(F)F)cc2)n1. The van der Waals surface area contributed by atoms with Crippen molar-refractivity contribution in [3.05, 3.63) is 71.6 Å². The number of carbonyl (C=O) groups excluding carboxylic acids is 1. The summed E-state index contributed by atoms with van der Waals surface area (Å²) in [6.07, 6.45) is -8.27. The Morgan fingerprint density at radius 3 is 2.14 bits per heavy atom. The number of anilines is 1. The Labute approximate surface area is 153 Å². The first-order chi connectivity index (χ1) is 13.1. The molecule has 0 saturated carbocycles. The van der Waals surface area contributed by atoms with Gasteiger partial charge in [0, 0.05) is 5.56 Å². The van der Waals surface area contributed by atoms with Crippen molar-refractivity contribution in [2.45, 2.75) is 12.4 Å². The van der Waals surface area contributed by atoms with Crippen LogP contribution < -0.4 is 5.32 Å². The van der Waals surface area contributed by atoms with Crippen LogP contribution in [0.3, 0.4) is 0 Å². The minimum atomic E-state index is -4.67. The molecular formula is C18H10F6N2O2. The minimum Gasteiger partial charge on any atom is -0.444 e. The molecule has 0 aliphatic heterocycles. The summed E-state index contributed by atoms with van der Waals surface area (Å²) in [6, 6.07) is 8.24. The lowest BCUT2D eigenvalue weighted by Gasteiger charge is -2.12. The highest BCUT2D eigenvalue weighted by molar-refractivity contribution is 6.03. The van der Waals surface area contributed by atoms with Crippen LogP contribution in [0.5, 0.6) is 0 Å². The number of amides is 1. The predicted octanol–water partition coefficient (Wildman–Crippen LogP) is 5.63. The van der Waals surface area contributed by atoms with Crippen LogP contribution in [0.2, 0.25) is 0 Å². The first-order valence-corrected chi connectivity index (χ1v) is 7.66. The molecule has 2 aromatic carbocycles. The molecule has 3 rings (SSSR count). The first-order valence-electron chi connectivity index (χ1n) is 7.66. The fraction of sp³-hybridized carbons (Fsp3) is 0.111. The van der Waals surface area contributed by atoms with E-state index < -0.39 is 35.1 Å². The Hall–Kier alpha value is -3.30. The van der Waals surface area contributed by atoms with E-state index in [1.54, 1.807) is 0 Å². The number of aromatic nitrogens is 1. The second-order valence-corrected chi connectivity index (χ2v) is 5.61. The van der Waals surface area contributed by atoms with Gasteiger partial charge in [0.05, 0.1) is 16.8 Å². The molecule has 0 saturated heterocycles. The zero-order valence-corrected chi connectivity index (χ0v) is 13.7. The van der Waals surface area contributed by atoms with Crippen LogP contribution in [0.1, 0.15) is 21.6 Å². The maximum Gasteiger partial charge on any atom is 0.418 e. The summed E-state index contributed by atoms with van der Waals surface area (Å²) in [4.78, 5) is 16.0. The molecule has 0 fully saturated rings. The molecule has 1 N–H and O–H groups in total. The van der Waals surface area contributed by atoms with Gasteiger partial charge in [0.1, 0.15) is 6.26 Å². The van der Waals surface area contributed by atoms with Crippen LogP contribution >= 0.6 is 0 Å². The fourth-order valence-electron chi connectivity index (χ4n) is 2.34. The van der Waals surface area contributed by atoms with Gasteiger partial charge >= 0.3 is 12.4 Å². The molecule has 0 spiro atoms. The van der Waals surface area contributed by atoms with Crippen LogP contribution in [-0.2, 0) is 12.4 Å². The number of nitrogens with zero attached hydrogens (tertiary/aromatic N) is 1. The largest absolute Gasteiger partial charge is 0.444 e. The van der Waals surface area contributed by atoms with Gasteiger partial charge in [-0.1, -0.05) is 12.1 Å². The zero-order chi connectivity index (χ0) is 20.5. The molecule has 0 aliphatic rings. The molecule has 1 heterocycles. The van der Waals surface area contributed by atoms with Gasteiger partial charge in [0.2, 0.25) is 5.89 Å². The van der Waals surface area contributed by atoms with Crippen LogP contribution in [0.4, 0.5) is 32.0 Å². The summed E-state index contributed by atoms with van der Waals surface area (Å²) in [5, 5.41) is 2.10. The average Bonchev–Trinajstić information content (AvgIpc) is 3.11. The lowest BCUT2D eigenvalue weighted by atomic mass is 10.1. The normalized spacial score (nSPS) is 12.1. The molecule has 1 aromatic heterocycles. The Bertz CT molecular complexity index is 990. The maximum atomic E-state index is 13.0. The molecule has 3 aromatic rings. The summed E-state index contributed by atoms with van der Waals surface area (Å²) in [6.45, 7) is 0. The number of carbonyl (C=O) groups is 1. The Morgan fingerprint density at radius 2 is 1.54 bits per heavy atom. The molecule has 28 heavy (non-hydrogen) atoms. The van der Waals surface area contributed by atoms with Gasteiger partial charge in [0.15, 0.2) is 5.69 Å². The molecule has 146 valence electrons. The highest BCUT2D eigenvalue weighted by atomic mass is 19.4. The van der Waals surface area contributed by atoms with Crippen molar-refractivity contribution in [3.8, 4) is 11.5 Å². The topological polar surface area (TPSA) is 55.1 Å². The maximum absolute atomic E-state index is 13.0. The van der Waals surface area contributed by atoms with Crippen LogP contribution in [0.25, 0.3) is 11.5 Å². The van der Waals surface area contributed by atoms with Crippen molar-refractivity contribution in [2.24, 2.45) is 0 Å². The van der Waals surface area contributed by atoms with Crippen molar-refractivity contribution < 1.29 is 35.6 Å². The van der Waals surface area contributed by atoms with Crippen LogP contribution in [-0.4, -0.2) is 10.9 Å². The van der Waals surface area contributed by atoms with Gasteiger partial charge in [-0.25, -0.2) is 4.98 Å². The standard InChI is InChI=1S/C18H10F6N2O2/c19-17(20,21)11-7-5-10(6-8-11)16-26-14(9-28-16)15(27)25-13-4-2-1-3-12(13)18(22,23)24/h1-9H,(H,25,27). The Balaban J connectivity index is 1.80. The molecule has 0 aliphatic carbocycles. The second kappa shape index (κ2) is 7.02. The van der Waals surface area contributed by atoms with Crippen LogP contribution in [0.15, 0.2) is 59.2 Å². The third-order valence-electron chi connectivity index (χ3n) is 3.68. The predicted molar refractivity (Wildman–Crippen MR) is 86.3 cm³/mol. The van der Waals surface area contributed by atoms with Gasteiger partial charge in [-0.15, -0.1) is 0 Å². The molecule has 10 heteroatoms. The molecule has 0 atom stereocenters. The quantitative estimate of drug-likeness (QED) is 0.580. The zero-order valence-electron chi connectivity index (χ0n) is 13.7. The summed E-state index contributed by atoms with van der Waals surface area (Å²) in [7, 11) is 0. The number of oxazole rings is 1. The Kier molecular flexibility index (Phi) is 4.88. The summed E-state index contributed by atoms with van der Waals surface area (Å²) in [5.41, 5.74) is -2.52. The van der Waals surface area contributed by atoms with E-state index in [4.69, 9.17) is 4.42 Å². The molecule has 0 unspecified atom stereocenters. The molecule has 0 bridgehead atoms. The smallest absolute Gasteiger partial charge is 0.418 e. The fourth-order valence-corrected chi connectivity index (χ4v) is 2.34. The monoisotopic (exact) mass is 400 g/mol. The lowest BCUT2D eigenvalue weighted by molar-refractivity contribution is -0.138. The number of halogens is 6. The molecule has 0 radical (unpaired) electrons. The number of nitrogens with one attached hydrogen (secondary N) is 1. The van der Waals surface area contributed by atoms with Crippen molar-refractivity contribution in [1.29, 1.82) is 0 Å². The van der Waals surface area contributed by atoms with Crippen molar-refractivity contribution in [1.82, 2.24) is 4.98 Å². The van der Waals surface area contributed by atoms with Crippen molar-refractivity contribution in [2.75, 3.05) is 5.32 Å². The number of benzene rings is 2. The van der Waals surface area contributed by atoms with E-state index in [0.717, 1.165) is 42.7 Å². The number of para-hydroxylation sites is 1. The van der Waals surface area contributed by atoms with Crippen molar-refractivity contribution >= 4 is 11.6 Å². The van der Waals surface area contributed by atoms with E-state index in [2.05, 4.69) is 10.3 Å². The second-order valence-electron chi connectivity index (χ2n) is 5.61. The Morgan fingerprint density at radius 1 is 0.893 bits per heavy atom. The van der Waals surface area contributed by atoms with E-state index in [9.17, 15) is 31.1 Å². The van der Waals surface area contributed by atoms with E-state index in [0.29, 0.717) is 0 Å². The first kappa shape index (κ1) is 19.5. The minimum absolute atomic E-state index is 0.150. The molecule has 4 nitrogen and oxygen atoms in total. The highest BCUT2D eigenvalue weighted by Crippen LogP contribution is 2.35. The number of hydrogen-bond donors (Lipinski definition) is 1. The van der Waals surface area contributed by atoms with Gasteiger partial charge < -0.3 is 9.73 Å². The van der Waals surface area contributed by atoms with Crippen molar-refractivity contribution in [3.63, 3.8) is 0 Å². The third kappa shape index (κ3) is 4.16. The van der Waals surface area contributed by atoms with E-state index >= 15 is 0 Å². The van der Waals surface area contributed by atoms with E-state index in [1.165, 1.54) is 12.1 Å². The lowest BCUT2D eigenvalue weighted by Crippen LogP contribution is -2.16. The average molecular weight is 400 g/mol. The van der Waals surface area contributed by atoms with Crippen LogP contribution in [0, 0.1) is 0 Å². The summed E-state index contributed by atoms with van der Waals surface area (Å²) in [5.74, 6) is -1.11. The summed E-state index contributed by atoms with van der Waals surface area (Å²) >= 11 is 0. The number of alkyl halides is 6. The molecule has 1 amide bonds. The van der Waals surface area contributed by atoms with Gasteiger partial charge in [-0.05, 0) is 36.4 Å². The summed E-state index contributed by atoms with van der Waals surface area (Å²) < 4.78 is 81.7. The number of rotatable bonds is 3. The molecular weight excluding hydrogens is 390 g/mol. The van der Waals surface area contributed by atoms with E-state index in [1.807, 2.05) is 0 Å². The highest BCUT2D eigenvalue weighted by Gasteiger charge is 2.34. The van der Waals surface area contributed by atoms with Gasteiger partial charge in [-0.2, -0.15) is 26.3 Å².